The van der Waals surface area contributed by atoms with Gasteiger partial charge in [0.2, 0.25) is 0 Å². The van der Waals surface area contributed by atoms with Gasteiger partial charge in [0.15, 0.2) is 0 Å². The van der Waals surface area contributed by atoms with Gasteiger partial charge in [-0.15, -0.1) is 0 Å². The fourth-order valence-electron chi connectivity index (χ4n) is 2.47. The number of hydrogen-bond donors (Lipinski definition) is 1. The monoisotopic (exact) mass is 258 g/mol. The summed E-state index contributed by atoms with van der Waals surface area (Å²) in [6.45, 7) is 5.22. The van der Waals surface area contributed by atoms with E-state index in [1.54, 1.807) is 12.1 Å². The molecule has 0 aliphatic heterocycles. The fraction of sp³-hybridized carbons (Fsp3) is 0.467. The Kier molecular flexibility index (Phi) is 2.81. The molecule has 0 spiro atoms. The van der Waals surface area contributed by atoms with Crippen LogP contribution in [-0.4, -0.2) is 20.6 Å². The number of rotatable bonds is 4. The average Bonchev–Trinajstić information content (AvgIpc) is 3.10. The highest BCUT2D eigenvalue weighted by Gasteiger charge is 2.25. The number of carbonyl (C=O) groups is 1. The van der Waals surface area contributed by atoms with Crippen molar-refractivity contribution in [1.29, 1.82) is 0 Å². The second-order valence-electron chi connectivity index (χ2n) is 5.69. The summed E-state index contributed by atoms with van der Waals surface area (Å²) in [7, 11) is 0. The quantitative estimate of drug-likeness (QED) is 0.915. The van der Waals surface area contributed by atoms with Gasteiger partial charge < -0.3 is 9.67 Å². The molecule has 1 aromatic heterocycles. The first-order chi connectivity index (χ1) is 9.06. The Morgan fingerprint density at radius 2 is 2.21 bits per heavy atom. The summed E-state index contributed by atoms with van der Waals surface area (Å²) in [4.78, 5) is 15.8. The van der Waals surface area contributed by atoms with Crippen molar-refractivity contribution in [2.24, 2.45) is 5.92 Å². The van der Waals surface area contributed by atoms with Gasteiger partial charge in [-0.2, -0.15) is 0 Å². The third-order valence-corrected chi connectivity index (χ3v) is 3.68. The molecule has 0 saturated heterocycles. The number of aromatic nitrogens is 2. The van der Waals surface area contributed by atoms with E-state index in [1.807, 2.05) is 6.07 Å². The van der Waals surface area contributed by atoms with Crippen molar-refractivity contribution in [3.05, 3.63) is 29.6 Å². The van der Waals surface area contributed by atoms with Crippen LogP contribution in [0.4, 0.5) is 0 Å². The van der Waals surface area contributed by atoms with Crippen LogP contribution in [0.15, 0.2) is 18.2 Å². The van der Waals surface area contributed by atoms with Gasteiger partial charge in [0.05, 0.1) is 16.6 Å². The normalized spacial score (nSPS) is 15.3. The zero-order valence-electron chi connectivity index (χ0n) is 11.3. The summed E-state index contributed by atoms with van der Waals surface area (Å²) in [5.41, 5.74) is 2.18. The maximum Gasteiger partial charge on any atom is 0.335 e. The number of carboxylic acid groups (broad SMARTS) is 1. The molecule has 1 aliphatic carbocycles. The van der Waals surface area contributed by atoms with E-state index in [1.165, 1.54) is 12.8 Å². The lowest BCUT2D eigenvalue weighted by atomic mass is 10.2. The molecule has 1 fully saturated rings. The third kappa shape index (κ3) is 2.23. The molecule has 0 amide bonds. The molecule has 0 radical (unpaired) electrons. The van der Waals surface area contributed by atoms with Gasteiger partial charge in [-0.05, 0) is 37.0 Å². The molecule has 1 aromatic carbocycles. The summed E-state index contributed by atoms with van der Waals surface area (Å²) in [6, 6.07) is 5.19. The number of carboxylic acids is 1. The van der Waals surface area contributed by atoms with Crippen LogP contribution in [0.1, 0.15) is 48.8 Å². The fourth-order valence-corrected chi connectivity index (χ4v) is 2.47. The summed E-state index contributed by atoms with van der Waals surface area (Å²) >= 11 is 0. The van der Waals surface area contributed by atoms with Crippen molar-refractivity contribution in [2.75, 3.05) is 0 Å². The Bertz CT molecular complexity index is 639. The minimum absolute atomic E-state index is 0.333. The maximum absolute atomic E-state index is 11.1. The van der Waals surface area contributed by atoms with Gasteiger partial charge in [-0.25, -0.2) is 9.78 Å². The smallest absolute Gasteiger partial charge is 0.335 e. The van der Waals surface area contributed by atoms with Crippen LogP contribution in [0, 0.1) is 5.92 Å². The number of nitrogens with zero attached hydrogens (tertiary/aromatic N) is 2. The Hall–Kier alpha value is -1.84. The van der Waals surface area contributed by atoms with Crippen LogP contribution in [0.5, 0.6) is 0 Å². The zero-order valence-corrected chi connectivity index (χ0v) is 11.3. The second kappa shape index (κ2) is 4.37. The zero-order chi connectivity index (χ0) is 13.6. The molecule has 19 heavy (non-hydrogen) atoms. The number of benzene rings is 1. The summed E-state index contributed by atoms with van der Waals surface area (Å²) < 4.78 is 2.21. The molecule has 1 saturated carbocycles. The predicted octanol–water partition coefficient (Wildman–Crippen LogP) is 3.27. The predicted molar refractivity (Wildman–Crippen MR) is 73.5 cm³/mol. The van der Waals surface area contributed by atoms with Crippen molar-refractivity contribution in [3.8, 4) is 0 Å². The van der Waals surface area contributed by atoms with Crippen LogP contribution in [0.25, 0.3) is 11.0 Å². The van der Waals surface area contributed by atoms with E-state index in [4.69, 9.17) is 5.11 Å². The minimum Gasteiger partial charge on any atom is -0.478 e. The summed E-state index contributed by atoms with van der Waals surface area (Å²) in [5, 5.41) is 9.12. The summed E-state index contributed by atoms with van der Waals surface area (Å²) in [5.74, 6) is 1.26. The Morgan fingerprint density at radius 1 is 1.47 bits per heavy atom. The highest BCUT2D eigenvalue weighted by Crippen LogP contribution is 2.33. The second-order valence-corrected chi connectivity index (χ2v) is 5.69. The van der Waals surface area contributed by atoms with Gasteiger partial charge >= 0.3 is 5.97 Å². The lowest BCUT2D eigenvalue weighted by Crippen LogP contribution is -2.07. The molecule has 0 unspecified atom stereocenters. The van der Waals surface area contributed by atoms with Gasteiger partial charge in [0, 0.05) is 12.5 Å². The SMILES string of the molecule is CC(C)c1nc2ccc(C(=O)O)cc2n1CC1CC1. The molecule has 0 bridgehead atoms. The molecule has 100 valence electrons. The molecule has 3 rings (SSSR count). The van der Waals surface area contributed by atoms with Crippen molar-refractivity contribution in [1.82, 2.24) is 9.55 Å². The molecule has 4 heteroatoms. The van der Waals surface area contributed by atoms with Gasteiger partial charge in [0.1, 0.15) is 5.82 Å². The standard InChI is InChI=1S/C15H18N2O2/c1-9(2)14-16-12-6-5-11(15(18)19)7-13(12)17(14)8-10-3-4-10/h5-7,9-10H,3-4,8H2,1-2H3,(H,18,19). The first-order valence-corrected chi connectivity index (χ1v) is 6.79. The van der Waals surface area contributed by atoms with Crippen molar-refractivity contribution >= 4 is 17.0 Å². The van der Waals surface area contributed by atoms with E-state index >= 15 is 0 Å². The number of imidazole rings is 1. The molecule has 1 aliphatic rings. The van der Waals surface area contributed by atoms with E-state index in [2.05, 4.69) is 23.4 Å². The van der Waals surface area contributed by atoms with E-state index < -0.39 is 5.97 Å². The van der Waals surface area contributed by atoms with E-state index in [-0.39, 0.29) is 0 Å². The van der Waals surface area contributed by atoms with Gasteiger partial charge in [-0.1, -0.05) is 13.8 Å². The van der Waals surface area contributed by atoms with Gasteiger partial charge in [0.25, 0.3) is 0 Å². The molecular weight excluding hydrogens is 240 g/mol. The van der Waals surface area contributed by atoms with E-state index in [9.17, 15) is 4.79 Å². The minimum atomic E-state index is -0.882. The van der Waals surface area contributed by atoms with Crippen LogP contribution in [-0.2, 0) is 6.54 Å². The Balaban J connectivity index is 2.16. The molecule has 0 atom stereocenters. The average molecular weight is 258 g/mol. The molecule has 2 aromatic rings. The first-order valence-electron chi connectivity index (χ1n) is 6.79. The first kappa shape index (κ1) is 12.2. The van der Waals surface area contributed by atoms with Crippen LogP contribution >= 0.6 is 0 Å². The van der Waals surface area contributed by atoms with Crippen molar-refractivity contribution in [2.45, 2.75) is 39.2 Å². The molecular formula is C15H18N2O2. The van der Waals surface area contributed by atoms with Gasteiger partial charge in [-0.3, -0.25) is 0 Å². The molecule has 1 heterocycles. The lowest BCUT2D eigenvalue weighted by molar-refractivity contribution is 0.0697. The topological polar surface area (TPSA) is 55.1 Å². The van der Waals surface area contributed by atoms with Crippen LogP contribution < -0.4 is 0 Å². The van der Waals surface area contributed by atoms with Crippen LogP contribution in [0.2, 0.25) is 0 Å². The van der Waals surface area contributed by atoms with Crippen molar-refractivity contribution < 1.29 is 9.90 Å². The largest absolute Gasteiger partial charge is 0.478 e. The number of fused-ring (bicyclic) bond motifs is 1. The molecule has 1 N–H and O–H groups in total. The number of hydrogen-bond acceptors (Lipinski definition) is 2. The highest BCUT2D eigenvalue weighted by molar-refractivity contribution is 5.92. The summed E-state index contributed by atoms with van der Waals surface area (Å²) in [6.07, 6.45) is 2.55. The third-order valence-electron chi connectivity index (χ3n) is 3.68. The van der Waals surface area contributed by atoms with E-state index in [0.717, 1.165) is 29.3 Å². The highest BCUT2D eigenvalue weighted by atomic mass is 16.4. The Labute approximate surface area is 112 Å². The van der Waals surface area contributed by atoms with E-state index in [0.29, 0.717) is 11.5 Å². The molecule has 4 nitrogen and oxygen atoms in total. The van der Waals surface area contributed by atoms with Crippen molar-refractivity contribution in [3.63, 3.8) is 0 Å². The maximum atomic E-state index is 11.1. The van der Waals surface area contributed by atoms with Crippen LogP contribution in [0.3, 0.4) is 0 Å². The lowest BCUT2D eigenvalue weighted by Gasteiger charge is -2.10. The number of aromatic carboxylic acids is 1. The Morgan fingerprint density at radius 3 is 2.79 bits per heavy atom.